The predicted octanol–water partition coefficient (Wildman–Crippen LogP) is 3.29. The topological polar surface area (TPSA) is 70.9 Å². The molecule has 0 bridgehead atoms. The normalized spacial score (nSPS) is 24.2. The number of rotatable bonds is 3. The molecule has 0 saturated heterocycles. The monoisotopic (exact) mass is 304 g/mol. The Bertz CT molecular complexity index is 508. The summed E-state index contributed by atoms with van der Waals surface area (Å²) in [7, 11) is 0. The molecular weight excluding hydrogens is 280 g/mol. The number of para-hydroxylation sites is 1. The smallest absolute Gasteiger partial charge is 0.300 e. The third-order valence-corrected chi connectivity index (χ3v) is 3.22. The summed E-state index contributed by atoms with van der Waals surface area (Å²) < 4.78 is 5.80. The first-order valence-corrected chi connectivity index (χ1v) is 7.32. The predicted molar refractivity (Wildman–Crippen MR) is 87.9 cm³/mol. The van der Waals surface area contributed by atoms with E-state index in [4.69, 9.17) is 14.6 Å². The van der Waals surface area contributed by atoms with Gasteiger partial charge in [0.2, 0.25) is 0 Å². The van der Waals surface area contributed by atoms with Crippen molar-refractivity contribution in [1.29, 1.82) is 0 Å². The average Bonchev–Trinajstić information content (AvgIpc) is 2.47. The van der Waals surface area contributed by atoms with E-state index in [2.05, 4.69) is 23.5 Å². The van der Waals surface area contributed by atoms with Gasteiger partial charge in [0.15, 0.2) is 0 Å². The van der Waals surface area contributed by atoms with Gasteiger partial charge in [-0.25, -0.2) is 0 Å². The van der Waals surface area contributed by atoms with Gasteiger partial charge in [-0.15, -0.1) is 0 Å². The molecule has 0 fully saturated rings. The molecule has 0 saturated carbocycles. The number of allylic oxidation sites excluding steroid dienone is 2. The number of nitrogens with one attached hydrogen (secondary N) is 1. The quantitative estimate of drug-likeness (QED) is 0.899. The van der Waals surface area contributed by atoms with E-state index in [1.165, 1.54) is 0 Å². The van der Waals surface area contributed by atoms with Crippen LogP contribution in [0.1, 0.15) is 27.2 Å². The molecule has 22 heavy (non-hydrogen) atoms. The van der Waals surface area contributed by atoms with Gasteiger partial charge < -0.3 is 9.84 Å². The van der Waals surface area contributed by atoms with Crippen LogP contribution in [0.2, 0.25) is 0 Å². The summed E-state index contributed by atoms with van der Waals surface area (Å²) in [6.45, 7) is 6.02. The Hall–Kier alpha value is -2.30. The number of ether oxygens (including phenoxy) is 1. The summed E-state index contributed by atoms with van der Waals surface area (Å²) in [6.07, 6.45) is 5.20. The fraction of sp³-hybridized carbons (Fsp3) is 0.412. The minimum atomic E-state index is -0.833. The maximum atomic E-state index is 9.00. The van der Waals surface area contributed by atoms with E-state index in [1.54, 1.807) is 0 Å². The van der Waals surface area contributed by atoms with E-state index in [1.807, 2.05) is 43.5 Å². The number of carboxylic acid groups (broad SMARTS) is 1. The molecule has 2 rings (SSSR count). The van der Waals surface area contributed by atoms with Crippen LogP contribution in [-0.2, 0) is 4.79 Å². The highest BCUT2D eigenvalue weighted by Crippen LogP contribution is 2.19. The van der Waals surface area contributed by atoms with Crippen LogP contribution in [0.5, 0.6) is 5.75 Å². The number of nitrogens with zero attached hydrogens (tertiary/aromatic N) is 1. The lowest BCUT2D eigenvalue weighted by molar-refractivity contribution is -0.134. The molecule has 1 aliphatic rings. The molecule has 1 aromatic carbocycles. The van der Waals surface area contributed by atoms with Gasteiger partial charge in [0.05, 0.1) is 6.61 Å². The molecule has 5 nitrogen and oxygen atoms in total. The first-order chi connectivity index (χ1) is 10.5. The van der Waals surface area contributed by atoms with Gasteiger partial charge >= 0.3 is 0 Å². The lowest BCUT2D eigenvalue weighted by atomic mass is 9.92. The summed E-state index contributed by atoms with van der Waals surface area (Å²) in [6, 6.07) is 9.92. The molecule has 5 heteroatoms. The Morgan fingerprint density at radius 1 is 1.41 bits per heavy atom. The molecule has 120 valence electrons. The number of hydrogen-bond acceptors (Lipinski definition) is 4. The van der Waals surface area contributed by atoms with Crippen LogP contribution < -0.4 is 10.2 Å². The number of aliphatic carboxylic acids is 1. The van der Waals surface area contributed by atoms with Crippen molar-refractivity contribution < 1.29 is 14.6 Å². The van der Waals surface area contributed by atoms with Crippen molar-refractivity contribution in [3.63, 3.8) is 0 Å². The van der Waals surface area contributed by atoms with Gasteiger partial charge in [0, 0.05) is 24.8 Å². The van der Waals surface area contributed by atoms with Crippen LogP contribution in [0.15, 0.2) is 47.2 Å². The van der Waals surface area contributed by atoms with Crippen LogP contribution in [0.4, 0.5) is 0 Å². The van der Waals surface area contributed by atoms with Gasteiger partial charge in [-0.1, -0.05) is 31.2 Å². The second kappa shape index (κ2) is 9.60. The first-order valence-electron chi connectivity index (χ1n) is 7.32. The molecule has 2 atom stereocenters. The zero-order valence-electron chi connectivity index (χ0n) is 13.3. The standard InChI is InChI=1S/C15H20N2O.C2H4O2/c1-12-8-9-13(2)17-16-10-14(12)11-18-15-6-4-3-5-7-15;1-2(3)4/h3-7,9-10,12,14,17H,8,11H2,1-2H3;1H3,(H,3,4)/b13-9+,16-10+;. The summed E-state index contributed by atoms with van der Waals surface area (Å²) in [5, 5.41) is 11.6. The van der Waals surface area contributed by atoms with Crippen LogP contribution in [-0.4, -0.2) is 23.9 Å². The number of benzene rings is 1. The Morgan fingerprint density at radius 2 is 2.05 bits per heavy atom. The number of hydrogen-bond donors (Lipinski definition) is 2. The van der Waals surface area contributed by atoms with E-state index in [-0.39, 0.29) is 0 Å². The maximum Gasteiger partial charge on any atom is 0.300 e. The van der Waals surface area contributed by atoms with Gasteiger partial charge in [-0.2, -0.15) is 5.10 Å². The SMILES string of the molecule is C/C1=C\CC(C)C(COc2ccccc2)/C=N/N1.CC(=O)O. The molecule has 2 N–H and O–H groups in total. The van der Waals surface area contributed by atoms with Gasteiger partial charge in [0.1, 0.15) is 5.75 Å². The largest absolute Gasteiger partial charge is 0.493 e. The van der Waals surface area contributed by atoms with Gasteiger partial charge in [-0.3, -0.25) is 10.2 Å². The summed E-state index contributed by atoms with van der Waals surface area (Å²) in [5.41, 5.74) is 4.12. The van der Waals surface area contributed by atoms with Crippen molar-refractivity contribution >= 4 is 12.2 Å². The fourth-order valence-corrected chi connectivity index (χ4v) is 1.88. The van der Waals surface area contributed by atoms with Crippen molar-refractivity contribution in [2.75, 3.05) is 6.61 Å². The Morgan fingerprint density at radius 3 is 2.68 bits per heavy atom. The van der Waals surface area contributed by atoms with Crippen molar-refractivity contribution in [3.05, 3.63) is 42.1 Å². The highest BCUT2D eigenvalue weighted by Gasteiger charge is 2.16. The summed E-state index contributed by atoms with van der Waals surface area (Å²) >= 11 is 0. The minimum absolute atomic E-state index is 0.335. The van der Waals surface area contributed by atoms with E-state index in [0.29, 0.717) is 18.4 Å². The van der Waals surface area contributed by atoms with Crippen LogP contribution >= 0.6 is 0 Å². The Kier molecular flexibility index (Phi) is 7.75. The molecule has 0 spiro atoms. The molecule has 0 radical (unpaired) electrons. The highest BCUT2D eigenvalue weighted by atomic mass is 16.5. The van der Waals surface area contributed by atoms with E-state index in [0.717, 1.165) is 24.8 Å². The van der Waals surface area contributed by atoms with E-state index >= 15 is 0 Å². The minimum Gasteiger partial charge on any atom is -0.493 e. The van der Waals surface area contributed by atoms with Crippen molar-refractivity contribution in [3.8, 4) is 5.75 Å². The zero-order chi connectivity index (χ0) is 16.4. The van der Waals surface area contributed by atoms with Crippen molar-refractivity contribution in [2.24, 2.45) is 16.9 Å². The number of carboxylic acids is 1. The Balaban J connectivity index is 0.000000541. The molecule has 0 amide bonds. The average molecular weight is 304 g/mol. The second-order valence-corrected chi connectivity index (χ2v) is 5.30. The molecule has 2 unspecified atom stereocenters. The van der Waals surface area contributed by atoms with Gasteiger partial charge in [0.25, 0.3) is 5.97 Å². The fourth-order valence-electron chi connectivity index (χ4n) is 1.88. The third-order valence-electron chi connectivity index (χ3n) is 3.22. The second-order valence-electron chi connectivity index (χ2n) is 5.30. The molecule has 1 aliphatic heterocycles. The molecule has 1 aromatic rings. The van der Waals surface area contributed by atoms with E-state index < -0.39 is 5.97 Å². The van der Waals surface area contributed by atoms with Gasteiger partial charge in [-0.05, 0) is 31.4 Å². The van der Waals surface area contributed by atoms with Crippen LogP contribution in [0.3, 0.4) is 0 Å². The third kappa shape index (κ3) is 7.47. The molecule has 0 aromatic heterocycles. The van der Waals surface area contributed by atoms with Crippen LogP contribution in [0, 0.1) is 11.8 Å². The highest BCUT2D eigenvalue weighted by molar-refractivity contribution is 5.63. The Labute approximate surface area is 131 Å². The summed E-state index contributed by atoms with van der Waals surface area (Å²) in [5.74, 6) is 0.955. The van der Waals surface area contributed by atoms with Crippen LogP contribution in [0.25, 0.3) is 0 Å². The van der Waals surface area contributed by atoms with Crippen molar-refractivity contribution in [1.82, 2.24) is 5.43 Å². The molecule has 0 aliphatic carbocycles. The van der Waals surface area contributed by atoms with Crippen molar-refractivity contribution in [2.45, 2.75) is 27.2 Å². The molecule has 1 heterocycles. The number of carbonyl (C=O) groups is 1. The zero-order valence-corrected chi connectivity index (χ0v) is 13.3. The lowest BCUT2D eigenvalue weighted by Crippen LogP contribution is -2.23. The molecular formula is C17H24N2O3. The summed E-state index contributed by atoms with van der Waals surface area (Å²) in [4.78, 5) is 9.00. The number of hydrazone groups is 1. The maximum absolute atomic E-state index is 9.00. The lowest BCUT2D eigenvalue weighted by Gasteiger charge is -2.21. The first kappa shape index (κ1) is 17.8. The van der Waals surface area contributed by atoms with E-state index in [9.17, 15) is 0 Å².